The van der Waals surface area contributed by atoms with Crippen molar-refractivity contribution in [1.82, 2.24) is 10.2 Å². The van der Waals surface area contributed by atoms with Gasteiger partial charge in [-0.25, -0.2) is 4.39 Å². The maximum absolute atomic E-state index is 13.7. The lowest BCUT2D eigenvalue weighted by Gasteiger charge is -2.34. The van der Waals surface area contributed by atoms with E-state index in [4.69, 9.17) is 0 Å². The molecule has 0 radical (unpaired) electrons. The van der Waals surface area contributed by atoms with Crippen molar-refractivity contribution in [2.24, 2.45) is 11.8 Å². The van der Waals surface area contributed by atoms with Gasteiger partial charge in [0.25, 0.3) is 0 Å². The lowest BCUT2D eigenvalue weighted by molar-refractivity contribution is -0.139. The first-order valence-electron chi connectivity index (χ1n) is 10.5. The summed E-state index contributed by atoms with van der Waals surface area (Å²) in [5.74, 6) is -0.190. The van der Waals surface area contributed by atoms with Gasteiger partial charge < -0.3 is 10.2 Å². The summed E-state index contributed by atoms with van der Waals surface area (Å²) in [7, 11) is 0. The molecule has 5 heteroatoms. The molecule has 1 N–H and O–H groups in total. The van der Waals surface area contributed by atoms with Crippen LogP contribution in [0.25, 0.3) is 0 Å². The Balaban J connectivity index is 1.26. The minimum Gasteiger partial charge on any atom is -0.352 e. The fourth-order valence-corrected chi connectivity index (χ4v) is 4.51. The van der Waals surface area contributed by atoms with Crippen LogP contribution < -0.4 is 5.32 Å². The van der Waals surface area contributed by atoms with Gasteiger partial charge in [0.05, 0.1) is 0 Å². The fourth-order valence-electron chi connectivity index (χ4n) is 4.51. The van der Waals surface area contributed by atoms with Crippen molar-refractivity contribution in [3.63, 3.8) is 0 Å². The second kappa shape index (κ2) is 8.76. The summed E-state index contributed by atoms with van der Waals surface area (Å²) in [5.41, 5.74) is 3.08. The van der Waals surface area contributed by atoms with E-state index in [9.17, 15) is 14.0 Å². The molecule has 152 valence electrons. The maximum atomic E-state index is 13.7. The highest BCUT2D eigenvalue weighted by molar-refractivity contribution is 5.81. The molecular formula is C24H27FN2O2. The Kier molecular flexibility index (Phi) is 5.93. The van der Waals surface area contributed by atoms with Crippen LogP contribution in [0.4, 0.5) is 4.39 Å². The van der Waals surface area contributed by atoms with Crippen LogP contribution >= 0.6 is 0 Å². The van der Waals surface area contributed by atoms with Crippen LogP contribution in [-0.2, 0) is 29.1 Å². The predicted octanol–water partition coefficient (Wildman–Crippen LogP) is 3.83. The quantitative estimate of drug-likeness (QED) is 0.857. The van der Waals surface area contributed by atoms with Gasteiger partial charge in [-0.1, -0.05) is 42.5 Å². The van der Waals surface area contributed by atoms with E-state index in [1.165, 1.54) is 17.2 Å². The first-order valence-corrected chi connectivity index (χ1v) is 10.5. The molecule has 0 saturated heterocycles. The highest BCUT2D eigenvalue weighted by Crippen LogP contribution is 2.31. The molecule has 2 aromatic carbocycles. The SMILES string of the molecule is O=C(NCc1ccccc1F)C1CCC(C(=O)N2CCc3ccccc3C2)CC1. The standard InChI is InChI=1S/C24H27FN2O2/c25-22-8-4-3-6-20(22)15-26-23(28)18-9-11-19(12-10-18)24(29)27-14-13-17-5-1-2-7-21(17)16-27/h1-8,18-19H,9-16H2,(H,26,28). The summed E-state index contributed by atoms with van der Waals surface area (Å²) in [5, 5.41) is 2.85. The molecule has 4 nitrogen and oxygen atoms in total. The normalized spacial score (nSPS) is 21.3. The van der Waals surface area contributed by atoms with E-state index in [1.54, 1.807) is 18.2 Å². The van der Waals surface area contributed by atoms with Crippen molar-refractivity contribution in [3.05, 3.63) is 71.0 Å². The van der Waals surface area contributed by atoms with Crippen molar-refractivity contribution in [3.8, 4) is 0 Å². The Morgan fingerprint density at radius 3 is 2.34 bits per heavy atom. The third-order valence-electron chi connectivity index (χ3n) is 6.30. The summed E-state index contributed by atoms with van der Waals surface area (Å²) in [6.07, 6.45) is 3.83. The van der Waals surface area contributed by atoms with Gasteiger partial charge in [0, 0.05) is 37.0 Å². The van der Waals surface area contributed by atoms with Crippen molar-refractivity contribution in [2.75, 3.05) is 6.54 Å². The largest absolute Gasteiger partial charge is 0.352 e. The molecule has 2 aromatic rings. The number of carbonyl (C=O) groups is 2. The van der Waals surface area contributed by atoms with Crippen molar-refractivity contribution in [1.29, 1.82) is 0 Å². The number of rotatable bonds is 4. The molecule has 0 spiro atoms. The van der Waals surface area contributed by atoms with Crippen LogP contribution in [0.1, 0.15) is 42.4 Å². The number of benzene rings is 2. The van der Waals surface area contributed by atoms with Crippen LogP contribution in [0, 0.1) is 17.7 Å². The van der Waals surface area contributed by atoms with Crippen molar-refractivity contribution < 1.29 is 14.0 Å². The monoisotopic (exact) mass is 394 g/mol. The van der Waals surface area contributed by atoms with Crippen LogP contribution in [0.3, 0.4) is 0 Å². The third kappa shape index (κ3) is 4.50. The van der Waals surface area contributed by atoms with Gasteiger partial charge in [-0.2, -0.15) is 0 Å². The number of nitrogens with zero attached hydrogens (tertiary/aromatic N) is 1. The van der Waals surface area contributed by atoms with Crippen LogP contribution in [0.2, 0.25) is 0 Å². The highest BCUT2D eigenvalue weighted by atomic mass is 19.1. The van der Waals surface area contributed by atoms with E-state index in [2.05, 4.69) is 23.5 Å². The Morgan fingerprint density at radius 2 is 1.59 bits per heavy atom. The van der Waals surface area contributed by atoms with E-state index in [-0.39, 0.29) is 36.0 Å². The van der Waals surface area contributed by atoms with Crippen molar-refractivity contribution >= 4 is 11.8 Å². The number of amides is 2. The Hall–Kier alpha value is -2.69. The molecular weight excluding hydrogens is 367 g/mol. The maximum Gasteiger partial charge on any atom is 0.225 e. The predicted molar refractivity (Wildman–Crippen MR) is 109 cm³/mol. The Bertz CT molecular complexity index is 890. The van der Waals surface area contributed by atoms with E-state index in [0.29, 0.717) is 24.9 Å². The number of nitrogens with one attached hydrogen (secondary N) is 1. The second-order valence-electron chi connectivity index (χ2n) is 8.14. The zero-order valence-electron chi connectivity index (χ0n) is 16.6. The average Bonchev–Trinajstić information content (AvgIpc) is 2.77. The van der Waals surface area contributed by atoms with Gasteiger partial charge in [0.2, 0.25) is 11.8 Å². The molecule has 1 aliphatic heterocycles. The summed E-state index contributed by atoms with van der Waals surface area (Å²) in [6.45, 7) is 1.68. The summed E-state index contributed by atoms with van der Waals surface area (Å²) < 4.78 is 13.7. The van der Waals surface area contributed by atoms with Crippen LogP contribution in [-0.4, -0.2) is 23.3 Å². The molecule has 1 heterocycles. The average molecular weight is 394 g/mol. The van der Waals surface area contributed by atoms with Gasteiger partial charge >= 0.3 is 0 Å². The lowest BCUT2D eigenvalue weighted by atomic mass is 9.80. The third-order valence-corrected chi connectivity index (χ3v) is 6.30. The van der Waals surface area contributed by atoms with Gasteiger partial charge in [-0.15, -0.1) is 0 Å². The molecule has 1 fully saturated rings. The van der Waals surface area contributed by atoms with Crippen LogP contribution in [0.15, 0.2) is 48.5 Å². The number of halogens is 1. The molecule has 0 aromatic heterocycles. The summed E-state index contributed by atoms with van der Waals surface area (Å²) >= 11 is 0. The van der Waals surface area contributed by atoms with Gasteiger partial charge in [0.15, 0.2) is 0 Å². The second-order valence-corrected chi connectivity index (χ2v) is 8.14. The van der Waals surface area contributed by atoms with E-state index in [1.807, 2.05) is 11.0 Å². The van der Waals surface area contributed by atoms with E-state index < -0.39 is 0 Å². The minimum absolute atomic E-state index is 0.0101. The smallest absolute Gasteiger partial charge is 0.225 e. The van der Waals surface area contributed by atoms with Gasteiger partial charge in [0.1, 0.15) is 5.82 Å². The molecule has 0 bridgehead atoms. The number of carbonyl (C=O) groups excluding carboxylic acids is 2. The number of fused-ring (bicyclic) bond motifs is 1. The first-order chi connectivity index (χ1) is 14.1. The zero-order valence-corrected chi connectivity index (χ0v) is 16.6. The van der Waals surface area contributed by atoms with E-state index in [0.717, 1.165) is 25.8 Å². The molecule has 0 unspecified atom stereocenters. The highest BCUT2D eigenvalue weighted by Gasteiger charge is 2.33. The van der Waals surface area contributed by atoms with Crippen LogP contribution in [0.5, 0.6) is 0 Å². The molecule has 0 atom stereocenters. The molecule has 1 aliphatic carbocycles. The molecule has 2 aliphatic rings. The van der Waals surface area contributed by atoms with E-state index >= 15 is 0 Å². The fraction of sp³-hybridized carbons (Fsp3) is 0.417. The zero-order chi connectivity index (χ0) is 20.2. The van der Waals surface area contributed by atoms with Gasteiger partial charge in [-0.05, 0) is 49.3 Å². The molecule has 2 amide bonds. The molecule has 29 heavy (non-hydrogen) atoms. The minimum atomic E-state index is -0.301. The Morgan fingerprint density at radius 1 is 0.931 bits per heavy atom. The summed E-state index contributed by atoms with van der Waals surface area (Å²) in [6, 6.07) is 14.8. The molecule has 1 saturated carbocycles. The van der Waals surface area contributed by atoms with Gasteiger partial charge in [-0.3, -0.25) is 9.59 Å². The van der Waals surface area contributed by atoms with Crippen molar-refractivity contribution in [2.45, 2.75) is 45.2 Å². The topological polar surface area (TPSA) is 49.4 Å². The lowest BCUT2D eigenvalue weighted by Crippen LogP contribution is -2.42. The number of hydrogen-bond acceptors (Lipinski definition) is 2. The number of hydrogen-bond donors (Lipinski definition) is 1. The first kappa shape index (κ1) is 19.6. The Labute approximate surface area is 171 Å². The molecule has 4 rings (SSSR count). The summed E-state index contributed by atoms with van der Waals surface area (Å²) in [4.78, 5) is 27.4.